The molecule has 5 rings (SSSR count). The molecule has 5 fully saturated rings. The van der Waals surface area contributed by atoms with Crippen molar-refractivity contribution < 1.29 is 9.59 Å². The van der Waals surface area contributed by atoms with Crippen LogP contribution in [0.25, 0.3) is 0 Å². The number of likely N-dealkylation sites (tertiary alicyclic amines) is 1. The number of carbonyl (C=O) groups is 2. The van der Waals surface area contributed by atoms with E-state index >= 15 is 0 Å². The number of carbonyl (C=O) groups excluding carboxylic acids is 2. The van der Waals surface area contributed by atoms with Gasteiger partial charge in [0.05, 0.1) is 6.04 Å². The summed E-state index contributed by atoms with van der Waals surface area (Å²) in [7, 11) is 2.02. The van der Waals surface area contributed by atoms with Gasteiger partial charge in [0.25, 0.3) is 0 Å². The van der Waals surface area contributed by atoms with Gasteiger partial charge in [-0.05, 0) is 88.4 Å². The lowest BCUT2D eigenvalue weighted by Gasteiger charge is -2.50. The van der Waals surface area contributed by atoms with Crippen molar-refractivity contribution in [3.8, 4) is 0 Å². The largest absolute Gasteiger partial charge is 0.352 e. The van der Waals surface area contributed by atoms with E-state index in [1.165, 1.54) is 0 Å². The Labute approximate surface area is 204 Å². The zero-order chi connectivity index (χ0) is 23.3. The second-order valence-corrected chi connectivity index (χ2v) is 12.7. The SMILES string of the molecule is CC1CC2C(CN1)CC(C1CC(NC(=O)C3CC4CC(Cl)CCC4N3)CCC1C)C(=O)N2C. The van der Waals surface area contributed by atoms with E-state index in [0.717, 1.165) is 64.3 Å². The van der Waals surface area contributed by atoms with Crippen LogP contribution in [-0.4, -0.2) is 65.9 Å². The summed E-state index contributed by atoms with van der Waals surface area (Å²) in [5, 5.41) is 10.9. The maximum absolute atomic E-state index is 13.4. The molecule has 0 aromatic heterocycles. The zero-order valence-corrected chi connectivity index (χ0v) is 21.3. The summed E-state index contributed by atoms with van der Waals surface area (Å²) < 4.78 is 0. The van der Waals surface area contributed by atoms with E-state index in [2.05, 4.69) is 34.7 Å². The van der Waals surface area contributed by atoms with Gasteiger partial charge < -0.3 is 20.9 Å². The van der Waals surface area contributed by atoms with Crippen LogP contribution in [-0.2, 0) is 9.59 Å². The van der Waals surface area contributed by atoms with Crippen LogP contribution in [0.5, 0.6) is 0 Å². The number of fused-ring (bicyclic) bond motifs is 2. The highest BCUT2D eigenvalue weighted by atomic mass is 35.5. The van der Waals surface area contributed by atoms with Crippen molar-refractivity contribution >= 4 is 23.4 Å². The number of amides is 2. The van der Waals surface area contributed by atoms with Gasteiger partial charge in [-0.3, -0.25) is 9.59 Å². The molecule has 0 radical (unpaired) electrons. The van der Waals surface area contributed by atoms with Crippen LogP contribution in [0, 0.1) is 29.6 Å². The summed E-state index contributed by atoms with van der Waals surface area (Å²) in [6, 6.07) is 1.41. The summed E-state index contributed by atoms with van der Waals surface area (Å²) >= 11 is 6.38. The van der Waals surface area contributed by atoms with E-state index < -0.39 is 0 Å². The van der Waals surface area contributed by atoms with Crippen molar-refractivity contribution in [1.29, 1.82) is 0 Å². The summed E-state index contributed by atoms with van der Waals surface area (Å²) in [6.07, 6.45) is 9.16. The van der Waals surface area contributed by atoms with Crippen LogP contribution in [0.1, 0.15) is 71.6 Å². The third-order valence-corrected chi connectivity index (χ3v) is 10.3. The van der Waals surface area contributed by atoms with Gasteiger partial charge in [-0.2, -0.15) is 0 Å². The van der Waals surface area contributed by atoms with Gasteiger partial charge in [-0.1, -0.05) is 6.92 Å². The van der Waals surface area contributed by atoms with Crippen LogP contribution in [0.3, 0.4) is 0 Å². The standard InChI is InChI=1S/C26H43ClN4O2/c1-14-4-6-19(29-25(32)23-11-16-9-18(27)5-7-22(16)30-23)12-20(14)21-10-17-13-28-15(2)8-24(17)31(3)26(21)33/h14-24,28,30H,4-13H2,1-3H3,(H,29,32). The molecule has 3 aliphatic heterocycles. The van der Waals surface area contributed by atoms with Crippen molar-refractivity contribution in [2.45, 2.75) is 107 Å². The fraction of sp³-hybridized carbons (Fsp3) is 0.923. The predicted molar refractivity (Wildman–Crippen MR) is 131 cm³/mol. The Kier molecular flexibility index (Phi) is 6.99. The number of hydrogen-bond acceptors (Lipinski definition) is 4. The van der Waals surface area contributed by atoms with E-state index in [1.807, 2.05) is 7.05 Å². The molecule has 0 aromatic carbocycles. The Morgan fingerprint density at radius 3 is 2.67 bits per heavy atom. The van der Waals surface area contributed by atoms with Crippen molar-refractivity contribution in [2.75, 3.05) is 13.6 Å². The number of alkyl halides is 1. The smallest absolute Gasteiger partial charge is 0.237 e. The van der Waals surface area contributed by atoms with Gasteiger partial charge in [0, 0.05) is 49.1 Å². The van der Waals surface area contributed by atoms with Gasteiger partial charge in [-0.25, -0.2) is 0 Å². The summed E-state index contributed by atoms with van der Waals surface area (Å²) in [5.41, 5.74) is 0. The molecular weight excluding hydrogens is 436 g/mol. The second kappa shape index (κ2) is 9.66. The fourth-order valence-electron chi connectivity index (χ4n) is 7.90. The highest BCUT2D eigenvalue weighted by Crippen LogP contribution is 2.43. The topological polar surface area (TPSA) is 73.5 Å². The lowest BCUT2D eigenvalue weighted by Crippen LogP contribution is -2.60. The highest BCUT2D eigenvalue weighted by Gasteiger charge is 2.47. The minimum absolute atomic E-state index is 0.0849. The molecule has 3 saturated heterocycles. The maximum Gasteiger partial charge on any atom is 0.237 e. The first kappa shape index (κ1) is 23.9. The predicted octanol–water partition coefficient (Wildman–Crippen LogP) is 2.89. The normalized spacial score (nSPS) is 48.2. The van der Waals surface area contributed by atoms with E-state index in [9.17, 15) is 9.59 Å². The monoisotopic (exact) mass is 478 g/mol. The van der Waals surface area contributed by atoms with Crippen molar-refractivity contribution in [1.82, 2.24) is 20.9 Å². The Morgan fingerprint density at radius 2 is 1.85 bits per heavy atom. The van der Waals surface area contributed by atoms with Gasteiger partial charge in [-0.15, -0.1) is 11.6 Å². The summed E-state index contributed by atoms with van der Waals surface area (Å²) in [4.78, 5) is 28.7. The molecule has 0 bridgehead atoms. The molecule has 2 aliphatic carbocycles. The first-order chi connectivity index (χ1) is 15.8. The molecule has 5 aliphatic rings. The molecule has 0 spiro atoms. The lowest BCUT2D eigenvalue weighted by atomic mass is 9.65. The van der Waals surface area contributed by atoms with Crippen LogP contribution in [0.4, 0.5) is 0 Å². The van der Waals surface area contributed by atoms with Crippen LogP contribution >= 0.6 is 11.6 Å². The number of nitrogens with one attached hydrogen (secondary N) is 3. The fourth-order valence-corrected chi connectivity index (χ4v) is 8.26. The molecule has 186 valence electrons. The molecule has 2 saturated carbocycles. The Bertz CT molecular complexity index is 750. The zero-order valence-electron chi connectivity index (χ0n) is 20.6. The van der Waals surface area contributed by atoms with Crippen molar-refractivity contribution in [3.05, 3.63) is 0 Å². The van der Waals surface area contributed by atoms with Crippen LogP contribution in [0.15, 0.2) is 0 Å². The van der Waals surface area contributed by atoms with Gasteiger partial charge >= 0.3 is 0 Å². The number of piperidine rings is 2. The lowest BCUT2D eigenvalue weighted by molar-refractivity contribution is -0.148. The minimum Gasteiger partial charge on any atom is -0.352 e. The molecule has 11 unspecified atom stereocenters. The molecule has 2 amide bonds. The molecule has 7 heteroatoms. The first-order valence-electron chi connectivity index (χ1n) is 13.5. The van der Waals surface area contributed by atoms with Gasteiger partial charge in [0.15, 0.2) is 0 Å². The molecule has 11 atom stereocenters. The van der Waals surface area contributed by atoms with Gasteiger partial charge in [0.1, 0.15) is 0 Å². The van der Waals surface area contributed by atoms with Crippen LogP contribution < -0.4 is 16.0 Å². The molecule has 33 heavy (non-hydrogen) atoms. The Morgan fingerprint density at radius 1 is 1.03 bits per heavy atom. The molecular formula is C26H43ClN4O2. The van der Waals surface area contributed by atoms with Crippen molar-refractivity contribution in [3.63, 3.8) is 0 Å². The van der Waals surface area contributed by atoms with E-state index in [0.29, 0.717) is 47.7 Å². The minimum atomic E-state index is -0.0849. The average Bonchev–Trinajstić information content (AvgIpc) is 3.21. The van der Waals surface area contributed by atoms with E-state index in [4.69, 9.17) is 11.6 Å². The summed E-state index contributed by atoms with van der Waals surface area (Å²) in [5.74, 6) is 2.56. The van der Waals surface area contributed by atoms with E-state index in [1.54, 1.807) is 0 Å². The molecule has 0 aromatic rings. The number of rotatable bonds is 3. The van der Waals surface area contributed by atoms with Crippen LogP contribution in [0.2, 0.25) is 0 Å². The second-order valence-electron chi connectivity index (χ2n) is 12.1. The highest BCUT2D eigenvalue weighted by molar-refractivity contribution is 6.20. The quantitative estimate of drug-likeness (QED) is 0.545. The molecule has 3 N–H and O–H groups in total. The van der Waals surface area contributed by atoms with E-state index in [-0.39, 0.29) is 29.3 Å². The molecule has 6 nitrogen and oxygen atoms in total. The third kappa shape index (κ3) is 4.81. The average molecular weight is 479 g/mol. The first-order valence-corrected chi connectivity index (χ1v) is 13.9. The maximum atomic E-state index is 13.4. The Balaban J connectivity index is 1.20. The van der Waals surface area contributed by atoms with Crippen molar-refractivity contribution in [2.24, 2.45) is 29.6 Å². The number of hydrogen-bond donors (Lipinski definition) is 3. The molecule has 3 heterocycles. The third-order valence-electron chi connectivity index (χ3n) is 9.90. The summed E-state index contributed by atoms with van der Waals surface area (Å²) in [6.45, 7) is 5.55. The number of halogens is 1. The van der Waals surface area contributed by atoms with Gasteiger partial charge in [0.2, 0.25) is 11.8 Å². The number of nitrogens with zero attached hydrogens (tertiary/aromatic N) is 1. The Hall–Kier alpha value is -0.850.